The average molecular weight is 503 g/mol. The number of H-pyrrole nitrogens is 1. The van der Waals surface area contributed by atoms with Gasteiger partial charge < -0.3 is 24.1 Å². The second-order valence-corrected chi connectivity index (χ2v) is 9.67. The summed E-state index contributed by atoms with van der Waals surface area (Å²) in [6.07, 6.45) is -2.78. The van der Waals surface area contributed by atoms with Gasteiger partial charge in [-0.15, -0.1) is 0 Å². The summed E-state index contributed by atoms with van der Waals surface area (Å²) < 4.78 is 25.3. The first kappa shape index (κ1) is 26.3. The third-order valence-corrected chi connectivity index (χ3v) is 7.50. The molecule has 10 heteroatoms. The number of benzene rings is 1. The number of rotatable bonds is 7. The maximum absolute atomic E-state index is 12.5. The van der Waals surface area contributed by atoms with E-state index in [0.29, 0.717) is 12.0 Å². The van der Waals surface area contributed by atoms with Crippen molar-refractivity contribution in [3.05, 3.63) is 69.0 Å². The molecule has 1 aromatic heterocycles. The quantitative estimate of drug-likeness (QED) is 0.551. The van der Waals surface area contributed by atoms with E-state index in [9.17, 15) is 19.5 Å². The summed E-state index contributed by atoms with van der Waals surface area (Å²) in [6.45, 7) is 8.04. The van der Waals surface area contributed by atoms with Crippen LogP contribution in [0.1, 0.15) is 50.7 Å². The van der Waals surface area contributed by atoms with Gasteiger partial charge in [0.25, 0.3) is 5.56 Å². The number of aromatic amines is 1. The molecule has 10 nitrogen and oxygen atoms in total. The van der Waals surface area contributed by atoms with Crippen molar-refractivity contribution in [1.82, 2.24) is 9.55 Å². The Hall–Kier alpha value is -2.79. The van der Waals surface area contributed by atoms with Gasteiger partial charge in [-0.3, -0.25) is 14.3 Å². The van der Waals surface area contributed by atoms with E-state index in [1.165, 1.54) is 16.8 Å². The zero-order valence-corrected chi connectivity index (χ0v) is 20.9. The van der Waals surface area contributed by atoms with Gasteiger partial charge in [0.15, 0.2) is 12.5 Å². The molecule has 2 aliphatic rings. The molecule has 0 radical (unpaired) electrons. The molecule has 0 aliphatic carbocycles. The Labute approximate surface area is 209 Å². The number of hydrogen-bond donors (Lipinski definition) is 2. The van der Waals surface area contributed by atoms with Crippen LogP contribution < -0.4 is 11.2 Å². The molecule has 0 amide bonds. The monoisotopic (exact) mass is 502 g/mol. The van der Waals surface area contributed by atoms with E-state index < -0.39 is 54.2 Å². The topological polar surface area (TPSA) is 129 Å². The van der Waals surface area contributed by atoms with Crippen LogP contribution >= 0.6 is 0 Å². The van der Waals surface area contributed by atoms with Gasteiger partial charge in [-0.25, -0.2) is 9.59 Å². The normalized spacial score (nSPS) is 34.4. The minimum absolute atomic E-state index is 0.0515. The van der Waals surface area contributed by atoms with Gasteiger partial charge >= 0.3 is 11.7 Å². The van der Waals surface area contributed by atoms with Gasteiger partial charge in [-0.05, 0) is 30.4 Å². The first-order chi connectivity index (χ1) is 17.2. The average Bonchev–Trinajstić information content (AvgIpc) is 3.18. The predicted octanol–water partition coefficient (Wildman–Crippen LogP) is 2.08. The van der Waals surface area contributed by atoms with Crippen molar-refractivity contribution in [3.8, 4) is 0 Å². The van der Waals surface area contributed by atoms with Crippen molar-refractivity contribution in [1.29, 1.82) is 0 Å². The summed E-state index contributed by atoms with van der Waals surface area (Å²) in [5.74, 6) is -0.256. The highest BCUT2D eigenvalue weighted by Gasteiger charge is 2.49. The Morgan fingerprint density at radius 2 is 1.75 bits per heavy atom. The third-order valence-electron chi connectivity index (χ3n) is 7.50. The van der Waals surface area contributed by atoms with Crippen molar-refractivity contribution in [3.63, 3.8) is 0 Å². The van der Waals surface area contributed by atoms with Crippen LogP contribution in [0, 0.1) is 17.8 Å². The molecule has 0 bridgehead atoms. The number of hydrogen-bond acceptors (Lipinski definition) is 8. The van der Waals surface area contributed by atoms with Crippen LogP contribution in [-0.2, 0) is 18.9 Å². The van der Waals surface area contributed by atoms with E-state index in [4.69, 9.17) is 18.9 Å². The molecule has 36 heavy (non-hydrogen) atoms. The Morgan fingerprint density at radius 3 is 2.42 bits per heavy atom. The standard InChI is InChI=1S/C26H34N2O8/c1-5-18-21(30)22(23(34-18)28-12-11-20(29)27-26(28)32)36-25-16(4)14(2)15(3)19(35-25)13-33-24(31)17-9-7-6-8-10-17/h6-12,14-16,18-19,21-23,25,30H,5,13H2,1-4H3,(H,27,29,32)/t14?,15?,16?,18-,19?,21?,22+,23-,25?/m1/s1. The van der Waals surface area contributed by atoms with Crippen LogP contribution in [0.2, 0.25) is 0 Å². The second kappa shape index (κ2) is 11.1. The molecule has 2 aliphatic heterocycles. The number of esters is 1. The van der Waals surface area contributed by atoms with Gasteiger partial charge in [0, 0.05) is 18.2 Å². The summed E-state index contributed by atoms with van der Waals surface area (Å²) >= 11 is 0. The van der Waals surface area contributed by atoms with Gasteiger partial charge in [0.2, 0.25) is 0 Å². The lowest BCUT2D eigenvalue weighted by molar-refractivity contribution is -0.282. The fourth-order valence-corrected chi connectivity index (χ4v) is 4.86. The Kier molecular flexibility index (Phi) is 8.09. The molecule has 9 atom stereocenters. The van der Waals surface area contributed by atoms with Gasteiger partial charge in [0.1, 0.15) is 18.8 Å². The Balaban J connectivity index is 1.51. The SMILES string of the molecule is CC[C@H]1O[C@@H](n2ccc(=O)[nH]c2=O)[C@@H](OC2OC(COC(=O)c3ccccc3)C(C)C(C)C2C)C1O. The first-order valence-electron chi connectivity index (χ1n) is 12.4. The summed E-state index contributed by atoms with van der Waals surface area (Å²) in [5.41, 5.74) is -0.726. The molecule has 2 aromatic rings. The highest BCUT2D eigenvalue weighted by Crippen LogP contribution is 2.40. The number of nitrogens with one attached hydrogen (secondary N) is 1. The molecule has 2 saturated heterocycles. The zero-order chi connectivity index (χ0) is 26.0. The Morgan fingerprint density at radius 1 is 1.03 bits per heavy atom. The summed E-state index contributed by atoms with van der Waals surface area (Å²) in [6, 6.07) is 9.96. The number of aliphatic hydroxyl groups excluding tert-OH is 1. The fraction of sp³-hybridized carbons (Fsp3) is 0.577. The molecular weight excluding hydrogens is 468 g/mol. The minimum Gasteiger partial charge on any atom is -0.459 e. The van der Waals surface area contributed by atoms with E-state index in [2.05, 4.69) is 11.9 Å². The number of carbonyl (C=O) groups excluding carboxylic acids is 1. The van der Waals surface area contributed by atoms with Crippen molar-refractivity contribution in [2.45, 2.75) is 71.0 Å². The molecule has 0 spiro atoms. The van der Waals surface area contributed by atoms with Crippen LogP contribution in [0.15, 0.2) is 52.2 Å². The molecule has 4 rings (SSSR count). The molecule has 0 saturated carbocycles. The Bertz CT molecular complexity index is 1150. The minimum atomic E-state index is -1.02. The smallest absolute Gasteiger partial charge is 0.338 e. The molecular formula is C26H34N2O8. The van der Waals surface area contributed by atoms with E-state index in [1.807, 2.05) is 26.8 Å². The molecule has 2 N–H and O–H groups in total. The van der Waals surface area contributed by atoms with Crippen molar-refractivity contribution >= 4 is 5.97 Å². The second-order valence-electron chi connectivity index (χ2n) is 9.67. The number of ether oxygens (including phenoxy) is 4. The number of aliphatic hydroxyl groups is 1. The number of aromatic nitrogens is 2. The lowest BCUT2D eigenvalue weighted by Crippen LogP contribution is -2.51. The lowest BCUT2D eigenvalue weighted by Gasteiger charge is -2.44. The van der Waals surface area contributed by atoms with E-state index in [-0.39, 0.29) is 24.4 Å². The molecule has 2 fully saturated rings. The van der Waals surface area contributed by atoms with Crippen molar-refractivity contribution in [2.24, 2.45) is 17.8 Å². The number of nitrogens with zero attached hydrogens (tertiary/aromatic N) is 1. The van der Waals surface area contributed by atoms with Crippen LogP contribution in [0.4, 0.5) is 0 Å². The predicted molar refractivity (Wildman–Crippen MR) is 129 cm³/mol. The van der Waals surface area contributed by atoms with Crippen LogP contribution in [0.5, 0.6) is 0 Å². The highest BCUT2D eigenvalue weighted by molar-refractivity contribution is 5.89. The molecule has 196 valence electrons. The summed E-state index contributed by atoms with van der Waals surface area (Å²) in [7, 11) is 0. The zero-order valence-electron chi connectivity index (χ0n) is 20.9. The molecule has 1 aromatic carbocycles. The first-order valence-corrected chi connectivity index (χ1v) is 12.4. The lowest BCUT2D eigenvalue weighted by atomic mass is 9.79. The van der Waals surface area contributed by atoms with Crippen molar-refractivity contribution in [2.75, 3.05) is 6.61 Å². The largest absolute Gasteiger partial charge is 0.459 e. The van der Waals surface area contributed by atoms with Crippen LogP contribution in [-0.4, -0.2) is 57.9 Å². The maximum Gasteiger partial charge on any atom is 0.338 e. The van der Waals surface area contributed by atoms with E-state index in [0.717, 1.165) is 0 Å². The summed E-state index contributed by atoms with van der Waals surface area (Å²) in [5, 5.41) is 11.0. The number of carbonyl (C=O) groups is 1. The van der Waals surface area contributed by atoms with Crippen LogP contribution in [0.25, 0.3) is 0 Å². The fourth-order valence-electron chi connectivity index (χ4n) is 4.86. The van der Waals surface area contributed by atoms with Gasteiger partial charge in [0.05, 0.1) is 17.8 Å². The van der Waals surface area contributed by atoms with Gasteiger partial charge in [-0.2, -0.15) is 0 Å². The molecule has 6 unspecified atom stereocenters. The van der Waals surface area contributed by atoms with E-state index in [1.54, 1.807) is 24.3 Å². The van der Waals surface area contributed by atoms with E-state index >= 15 is 0 Å². The maximum atomic E-state index is 12.5. The highest BCUT2D eigenvalue weighted by atomic mass is 16.7. The van der Waals surface area contributed by atoms with Crippen molar-refractivity contribution < 1.29 is 28.8 Å². The molecule has 3 heterocycles. The third kappa shape index (κ3) is 5.31. The summed E-state index contributed by atoms with van der Waals surface area (Å²) in [4.78, 5) is 38.7. The van der Waals surface area contributed by atoms with Gasteiger partial charge in [-0.1, -0.05) is 45.9 Å². The van der Waals surface area contributed by atoms with Crippen LogP contribution in [0.3, 0.4) is 0 Å².